The summed E-state index contributed by atoms with van der Waals surface area (Å²) >= 11 is 0. The molecule has 1 amide bonds. The fourth-order valence-corrected chi connectivity index (χ4v) is 1.19. The minimum atomic E-state index is -2.97. The quantitative estimate of drug-likeness (QED) is 0.559. The number of piperidine rings is 1. The number of nitrogens with one attached hydrogen (secondary N) is 1. The first-order valence-electron chi connectivity index (χ1n) is 3.42. The molecular weight excluding hydrogens is 154 g/mol. The van der Waals surface area contributed by atoms with E-state index < -0.39 is 24.3 Å². The van der Waals surface area contributed by atoms with Crippen LogP contribution in [0.15, 0.2) is 0 Å². The number of halogens is 2. The molecule has 0 aromatic carbocycles. The fraction of sp³-hybridized carbons (Fsp3) is 0.833. The van der Waals surface area contributed by atoms with Crippen molar-refractivity contribution in [2.24, 2.45) is 11.7 Å². The van der Waals surface area contributed by atoms with E-state index in [2.05, 4.69) is 5.32 Å². The molecule has 0 aliphatic carbocycles. The van der Waals surface area contributed by atoms with Crippen LogP contribution in [0.5, 0.6) is 0 Å². The molecule has 1 aliphatic rings. The minimum Gasteiger partial charge on any atom is -0.369 e. The summed E-state index contributed by atoms with van der Waals surface area (Å²) < 4.78 is 25.5. The van der Waals surface area contributed by atoms with Gasteiger partial charge in [-0.2, -0.15) is 0 Å². The van der Waals surface area contributed by atoms with Crippen molar-refractivity contribution in [3.05, 3.63) is 0 Å². The molecule has 0 radical (unpaired) electrons. The standard InChI is InChI=1S/C6H10F2N2O/c7-6(8)3-10-2-1-4(6)5(9)11/h4,10H,1-3H2,(H2,9,11). The van der Waals surface area contributed by atoms with Crippen LogP contribution >= 0.6 is 0 Å². The molecule has 1 saturated heterocycles. The van der Waals surface area contributed by atoms with Gasteiger partial charge in [-0.15, -0.1) is 0 Å². The number of rotatable bonds is 1. The van der Waals surface area contributed by atoms with E-state index in [1.807, 2.05) is 0 Å². The number of nitrogens with two attached hydrogens (primary N) is 1. The van der Waals surface area contributed by atoms with Crippen LogP contribution in [0.2, 0.25) is 0 Å². The van der Waals surface area contributed by atoms with Crippen LogP contribution < -0.4 is 11.1 Å². The third kappa shape index (κ3) is 1.65. The first-order valence-corrected chi connectivity index (χ1v) is 3.42. The normalized spacial score (nSPS) is 29.8. The Hall–Kier alpha value is -0.710. The molecule has 1 aliphatic heterocycles. The lowest BCUT2D eigenvalue weighted by atomic mass is 9.93. The van der Waals surface area contributed by atoms with E-state index in [-0.39, 0.29) is 6.42 Å². The number of alkyl halides is 2. The van der Waals surface area contributed by atoms with Crippen molar-refractivity contribution < 1.29 is 13.6 Å². The Kier molecular flexibility index (Phi) is 2.08. The zero-order chi connectivity index (χ0) is 8.48. The van der Waals surface area contributed by atoms with Crippen molar-refractivity contribution >= 4 is 5.91 Å². The summed E-state index contributed by atoms with van der Waals surface area (Å²) in [4.78, 5) is 10.5. The summed E-state index contributed by atoms with van der Waals surface area (Å²) in [5.41, 5.74) is 4.80. The lowest BCUT2D eigenvalue weighted by Gasteiger charge is -2.29. The Morgan fingerprint density at radius 2 is 2.27 bits per heavy atom. The SMILES string of the molecule is NC(=O)C1CCNCC1(F)F. The number of hydrogen-bond acceptors (Lipinski definition) is 2. The first-order chi connectivity index (χ1) is 5.04. The van der Waals surface area contributed by atoms with Gasteiger partial charge in [0.05, 0.1) is 6.54 Å². The molecule has 0 aromatic rings. The number of carbonyl (C=O) groups excluding carboxylic acids is 1. The van der Waals surface area contributed by atoms with E-state index in [0.717, 1.165) is 0 Å². The zero-order valence-corrected chi connectivity index (χ0v) is 5.94. The van der Waals surface area contributed by atoms with Crippen LogP contribution in [-0.2, 0) is 4.79 Å². The largest absolute Gasteiger partial charge is 0.369 e. The molecule has 1 rings (SSSR count). The first kappa shape index (κ1) is 8.39. The van der Waals surface area contributed by atoms with Gasteiger partial charge in [0, 0.05) is 0 Å². The lowest BCUT2D eigenvalue weighted by molar-refractivity contribution is -0.139. The molecule has 0 saturated carbocycles. The third-order valence-corrected chi connectivity index (χ3v) is 1.82. The van der Waals surface area contributed by atoms with Gasteiger partial charge in [-0.25, -0.2) is 8.78 Å². The molecule has 11 heavy (non-hydrogen) atoms. The van der Waals surface area contributed by atoms with Crippen LogP contribution in [0.25, 0.3) is 0 Å². The summed E-state index contributed by atoms with van der Waals surface area (Å²) in [6.45, 7) is -0.0101. The average molecular weight is 164 g/mol. The highest BCUT2D eigenvalue weighted by atomic mass is 19.3. The van der Waals surface area contributed by atoms with E-state index in [9.17, 15) is 13.6 Å². The third-order valence-electron chi connectivity index (χ3n) is 1.82. The Bertz CT molecular complexity index is 172. The summed E-state index contributed by atoms with van der Waals surface area (Å²) in [5.74, 6) is -5.16. The summed E-state index contributed by atoms with van der Waals surface area (Å²) in [6.07, 6.45) is 0.127. The van der Waals surface area contributed by atoms with Gasteiger partial charge < -0.3 is 11.1 Å². The van der Waals surface area contributed by atoms with Gasteiger partial charge in [0.15, 0.2) is 0 Å². The van der Waals surface area contributed by atoms with Crippen LogP contribution in [0.4, 0.5) is 8.78 Å². The van der Waals surface area contributed by atoms with Gasteiger partial charge >= 0.3 is 0 Å². The van der Waals surface area contributed by atoms with E-state index in [1.54, 1.807) is 0 Å². The number of primary amides is 1. The Labute approximate surface area is 62.9 Å². The number of amides is 1. The predicted molar refractivity (Wildman–Crippen MR) is 35.1 cm³/mol. The molecule has 0 aromatic heterocycles. The second-order valence-corrected chi connectivity index (χ2v) is 2.68. The maximum absolute atomic E-state index is 12.8. The molecular formula is C6H10F2N2O. The van der Waals surface area contributed by atoms with Crippen molar-refractivity contribution in [3.8, 4) is 0 Å². The Morgan fingerprint density at radius 1 is 1.64 bits per heavy atom. The fourth-order valence-electron chi connectivity index (χ4n) is 1.19. The molecule has 64 valence electrons. The van der Waals surface area contributed by atoms with E-state index >= 15 is 0 Å². The van der Waals surface area contributed by atoms with E-state index in [1.165, 1.54) is 0 Å². The van der Waals surface area contributed by atoms with E-state index in [4.69, 9.17) is 5.73 Å². The van der Waals surface area contributed by atoms with Gasteiger partial charge in [0.1, 0.15) is 5.92 Å². The van der Waals surface area contributed by atoms with Gasteiger partial charge in [0.2, 0.25) is 5.91 Å². The van der Waals surface area contributed by atoms with Crippen LogP contribution in [-0.4, -0.2) is 24.9 Å². The highest BCUT2D eigenvalue weighted by Crippen LogP contribution is 2.28. The molecule has 3 N–H and O–H groups in total. The van der Waals surface area contributed by atoms with Crippen LogP contribution in [0.1, 0.15) is 6.42 Å². The zero-order valence-electron chi connectivity index (χ0n) is 5.94. The molecule has 3 nitrogen and oxygen atoms in total. The lowest BCUT2D eigenvalue weighted by Crippen LogP contribution is -2.50. The summed E-state index contributed by atoms with van der Waals surface area (Å²) in [7, 11) is 0. The number of hydrogen-bond donors (Lipinski definition) is 2. The van der Waals surface area contributed by atoms with E-state index in [0.29, 0.717) is 6.54 Å². The maximum atomic E-state index is 12.8. The number of carbonyl (C=O) groups is 1. The predicted octanol–water partition coefficient (Wildman–Crippen LogP) is -0.284. The second-order valence-electron chi connectivity index (χ2n) is 2.68. The van der Waals surface area contributed by atoms with Crippen LogP contribution in [0, 0.1) is 5.92 Å². The van der Waals surface area contributed by atoms with Gasteiger partial charge in [-0.05, 0) is 13.0 Å². The Morgan fingerprint density at radius 3 is 2.64 bits per heavy atom. The van der Waals surface area contributed by atoms with Gasteiger partial charge in [-0.3, -0.25) is 4.79 Å². The monoisotopic (exact) mass is 164 g/mol. The van der Waals surface area contributed by atoms with Crippen molar-refractivity contribution in [1.29, 1.82) is 0 Å². The molecule has 1 unspecified atom stereocenters. The topological polar surface area (TPSA) is 55.1 Å². The maximum Gasteiger partial charge on any atom is 0.271 e. The van der Waals surface area contributed by atoms with Crippen LogP contribution in [0.3, 0.4) is 0 Å². The van der Waals surface area contributed by atoms with Gasteiger partial charge in [-0.1, -0.05) is 0 Å². The molecule has 0 bridgehead atoms. The summed E-state index contributed by atoms with van der Waals surface area (Å²) in [6, 6.07) is 0. The molecule has 0 spiro atoms. The van der Waals surface area contributed by atoms with Crippen molar-refractivity contribution in [1.82, 2.24) is 5.32 Å². The molecule has 5 heteroatoms. The molecule has 1 atom stereocenters. The average Bonchev–Trinajstić information content (AvgIpc) is 1.85. The molecule has 1 heterocycles. The molecule has 1 fully saturated rings. The van der Waals surface area contributed by atoms with Crippen molar-refractivity contribution in [2.75, 3.05) is 13.1 Å². The highest BCUT2D eigenvalue weighted by molar-refractivity contribution is 5.77. The van der Waals surface area contributed by atoms with Gasteiger partial charge in [0.25, 0.3) is 5.92 Å². The van der Waals surface area contributed by atoms with Crippen molar-refractivity contribution in [3.63, 3.8) is 0 Å². The summed E-state index contributed by atoms with van der Waals surface area (Å²) in [5, 5.41) is 2.50. The van der Waals surface area contributed by atoms with Crippen molar-refractivity contribution in [2.45, 2.75) is 12.3 Å². The highest BCUT2D eigenvalue weighted by Gasteiger charge is 2.44. The Balaban J connectivity index is 2.67. The minimum absolute atomic E-state index is 0.127. The second kappa shape index (κ2) is 2.73. The smallest absolute Gasteiger partial charge is 0.271 e.